The van der Waals surface area contributed by atoms with Crippen LogP contribution >= 0.6 is 0 Å². The molecule has 0 aromatic rings. The molecule has 0 amide bonds. The first kappa shape index (κ1) is 19.1. The monoisotopic (exact) mass is 308 g/mol. The number of rotatable bonds is 10. The molecule has 0 aliphatic rings. The van der Waals surface area contributed by atoms with Crippen LogP contribution in [0.25, 0.3) is 0 Å². The molecule has 0 bridgehead atoms. The highest BCUT2D eigenvalue weighted by Gasteiger charge is 2.06. The van der Waals surface area contributed by atoms with Gasteiger partial charge in [0.2, 0.25) is 0 Å². The van der Waals surface area contributed by atoms with Crippen LogP contribution in [0.1, 0.15) is 46.0 Å². The van der Waals surface area contributed by atoms with Gasteiger partial charge in [-0.05, 0) is 33.1 Å². The first-order valence-corrected chi connectivity index (χ1v) is 8.29. The van der Waals surface area contributed by atoms with E-state index in [1.165, 1.54) is 6.08 Å². The Hall–Kier alpha value is -0.920. The Morgan fingerprint density at radius 3 is 2.50 bits per heavy atom. The van der Waals surface area contributed by atoms with Crippen LogP contribution in [0, 0.1) is 0 Å². The zero-order valence-corrected chi connectivity index (χ0v) is 12.9. The minimum atomic E-state index is -4.09. The molecule has 0 unspecified atom stereocenters. The molecule has 0 radical (unpaired) electrons. The number of carbonyl (C=O) groups is 1. The van der Waals surface area contributed by atoms with Gasteiger partial charge in [-0.25, -0.2) is 4.79 Å². The molecule has 0 aliphatic carbocycles. The topological polar surface area (TPSA) is 101 Å². The van der Waals surface area contributed by atoms with Gasteiger partial charge >= 0.3 is 5.97 Å². The van der Waals surface area contributed by atoms with Crippen molar-refractivity contribution in [3.63, 3.8) is 0 Å². The van der Waals surface area contributed by atoms with Crippen LogP contribution < -0.4 is 0 Å². The Labute approximate surface area is 120 Å². The summed E-state index contributed by atoms with van der Waals surface area (Å²) in [6.45, 7) is 3.21. The summed E-state index contributed by atoms with van der Waals surface area (Å²) >= 11 is 0. The molecule has 0 aromatic heterocycles. The summed E-state index contributed by atoms with van der Waals surface area (Å²) in [5, 5.41) is 9.09. The van der Waals surface area contributed by atoms with Gasteiger partial charge < -0.3 is 9.84 Å². The molecule has 1 atom stereocenters. The smallest absolute Gasteiger partial charge is 0.330 e. The Morgan fingerprint density at radius 2 is 1.95 bits per heavy atom. The van der Waals surface area contributed by atoms with Gasteiger partial charge in [0, 0.05) is 6.08 Å². The molecule has 20 heavy (non-hydrogen) atoms. The summed E-state index contributed by atoms with van der Waals surface area (Å²) in [7, 11) is -4.09. The number of unbranched alkanes of at least 4 members (excludes halogenated alkanes) is 2. The van der Waals surface area contributed by atoms with Gasteiger partial charge in [0.25, 0.3) is 10.1 Å². The van der Waals surface area contributed by atoms with Crippen LogP contribution in [-0.2, 0) is 19.6 Å². The Morgan fingerprint density at radius 1 is 1.30 bits per heavy atom. The number of aliphatic hydroxyl groups excluding tert-OH is 1. The van der Waals surface area contributed by atoms with Crippen LogP contribution in [0.4, 0.5) is 0 Å². The fraction of sp³-hybridized carbons (Fsp3) is 0.769. The van der Waals surface area contributed by atoms with Gasteiger partial charge in [-0.1, -0.05) is 18.4 Å². The average Bonchev–Trinajstić information content (AvgIpc) is 2.26. The fourth-order valence-corrected chi connectivity index (χ4v) is 1.88. The van der Waals surface area contributed by atoms with Crippen molar-refractivity contribution in [3.05, 3.63) is 11.6 Å². The second-order valence-electron chi connectivity index (χ2n) is 4.89. The normalized spacial score (nSPS) is 14.1. The van der Waals surface area contributed by atoms with Crippen molar-refractivity contribution in [2.75, 3.05) is 12.4 Å². The number of hydrogen-bond donors (Lipinski definition) is 2. The van der Waals surface area contributed by atoms with Gasteiger partial charge in [-0.15, -0.1) is 0 Å². The van der Waals surface area contributed by atoms with E-state index in [2.05, 4.69) is 4.74 Å². The number of ether oxygens (including phenoxy) is 1. The van der Waals surface area contributed by atoms with Crippen molar-refractivity contribution in [2.45, 2.75) is 52.1 Å². The van der Waals surface area contributed by atoms with E-state index in [9.17, 15) is 13.2 Å². The van der Waals surface area contributed by atoms with Crippen LogP contribution in [-0.4, -0.2) is 42.5 Å². The molecule has 0 spiro atoms. The number of allylic oxidation sites excluding steroid dienone is 1. The van der Waals surface area contributed by atoms with E-state index in [0.29, 0.717) is 0 Å². The Bertz CT molecular complexity index is 411. The minimum absolute atomic E-state index is 0.274. The SMILES string of the molecule is C/C(=C\C(=O)OCCS(=O)(=O)O)CCCCC[C@H](C)O. The van der Waals surface area contributed by atoms with E-state index in [1.807, 2.05) is 0 Å². The van der Waals surface area contributed by atoms with Crippen molar-refractivity contribution < 1.29 is 27.6 Å². The minimum Gasteiger partial charge on any atom is -0.461 e. The van der Waals surface area contributed by atoms with Crippen LogP contribution in [0.3, 0.4) is 0 Å². The summed E-state index contributed by atoms with van der Waals surface area (Å²) in [6, 6.07) is 0. The zero-order chi connectivity index (χ0) is 15.6. The highest BCUT2D eigenvalue weighted by Crippen LogP contribution is 2.10. The second-order valence-corrected chi connectivity index (χ2v) is 6.46. The molecule has 2 N–H and O–H groups in total. The molecular formula is C13H24O6S. The summed E-state index contributed by atoms with van der Waals surface area (Å²) in [5.74, 6) is -1.19. The summed E-state index contributed by atoms with van der Waals surface area (Å²) < 4.78 is 34.0. The van der Waals surface area contributed by atoms with Crippen molar-refractivity contribution in [3.8, 4) is 0 Å². The summed E-state index contributed by atoms with van der Waals surface area (Å²) in [4.78, 5) is 11.3. The van der Waals surface area contributed by atoms with E-state index in [4.69, 9.17) is 9.66 Å². The molecule has 0 aromatic carbocycles. The molecule has 0 fully saturated rings. The highest BCUT2D eigenvalue weighted by molar-refractivity contribution is 7.85. The Balaban J connectivity index is 3.79. The largest absolute Gasteiger partial charge is 0.461 e. The van der Waals surface area contributed by atoms with Gasteiger partial charge in [0.15, 0.2) is 0 Å². The summed E-state index contributed by atoms with van der Waals surface area (Å²) in [5.41, 5.74) is 0.860. The molecular weight excluding hydrogens is 284 g/mol. The lowest BCUT2D eigenvalue weighted by atomic mass is 10.1. The predicted octanol–water partition coefficient (Wildman–Crippen LogP) is 1.70. The number of esters is 1. The number of aliphatic hydroxyl groups is 1. The van der Waals surface area contributed by atoms with E-state index in [1.54, 1.807) is 13.8 Å². The van der Waals surface area contributed by atoms with Crippen molar-refractivity contribution >= 4 is 16.1 Å². The van der Waals surface area contributed by atoms with Gasteiger partial charge in [-0.2, -0.15) is 8.42 Å². The fourth-order valence-electron chi connectivity index (χ4n) is 1.58. The van der Waals surface area contributed by atoms with Crippen LogP contribution in [0.2, 0.25) is 0 Å². The van der Waals surface area contributed by atoms with Gasteiger partial charge in [0.1, 0.15) is 12.4 Å². The first-order valence-electron chi connectivity index (χ1n) is 6.68. The van der Waals surface area contributed by atoms with Gasteiger partial charge in [0.05, 0.1) is 6.10 Å². The lowest BCUT2D eigenvalue weighted by molar-refractivity contribution is -0.137. The molecule has 7 heteroatoms. The van der Waals surface area contributed by atoms with E-state index in [-0.39, 0.29) is 12.7 Å². The number of carbonyl (C=O) groups excluding carboxylic acids is 1. The predicted molar refractivity (Wildman–Crippen MR) is 75.9 cm³/mol. The summed E-state index contributed by atoms with van der Waals surface area (Å²) in [6.07, 6.45) is 5.45. The van der Waals surface area contributed by atoms with Crippen molar-refractivity contribution in [1.82, 2.24) is 0 Å². The zero-order valence-electron chi connectivity index (χ0n) is 12.0. The van der Waals surface area contributed by atoms with E-state index < -0.39 is 21.8 Å². The third-order valence-corrected chi connectivity index (χ3v) is 3.33. The molecule has 118 valence electrons. The third-order valence-electron chi connectivity index (χ3n) is 2.64. The van der Waals surface area contributed by atoms with Gasteiger partial charge in [-0.3, -0.25) is 4.55 Å². The number of hydrogen-bond acceptors (Lipinski definition) is 5. The molecule has 0 saturated heterocycles. The Kier molecular flexibility index (Phi) is 9.45. The maximum Gasteiger partial charge on any atom is 0.330 e. The molecule has 0 heterocycles. The van der Waals surface area contributed by atoms with E-state index >= 15 is 0 Å². The molecule has 6 nitrogen and oxygen atoms in total. The maximum absolute atomic E-state index is 11.3. The van der Waals surface area contributed by atoms with Crippen LogP contribution in [0.15, 0.2) is 11.6 Å². The van der Waals surface area contributed by atoms with E-state index in [0.717, 1.165) is 37.7 Å². The first-order chi connectivity index (χ1) is 9.20. The van der Waals surface area contributed by atoms with Crippen molar-refractivity contribution in [2.24, 2.45) is 0 Å². The average molecular weight is 308 g/mol. The lowest BCUT2D eigenvalue weighted by Gasteiger charge is -2.04. The quantitative estimate of drug-likeness (QED) is 0.276. The maximum atomic E-state index is 11.3. The highest BCUT2D eigenvalue weighted by atomic mass is 32.2. The second kappa shape index (κ2) is 9.90. The third kappa shape index (κ3) is 13.5. The standard InChI is InChI=1S/C13H24O6S/c1-11(6-4-3-5-7-12(2)14)10-13(15)19-8-9-20(16,17)18/h10,12,14H,3-9H2,1-2H3,(H,16,17,18)/b11-10+/t12-/m0/s1. The molecule has 0 saturated carbocycles. The molecule has 0 rings (SSSR count). The lowest BCUT2D eigenvalue weighted by Crippen LogP contribution is -2.13. The van der Waals surface area contributed by atoms with Crippen LogP contribution in [0.5, 0.6) is 0 Å². The molecule has 0 aliphatic heterocycles. The van der Waals surface area contributed by atoms with Crippen molar-refractivity contribution in [1.29, 1.82) is 0 Å².